The maximum Gasteiger partial charge on any atom is 0.0858 e. The molecule has 1 nitrogen and oxygen atoms in total. The number of aromatic nitrogens is 1. The van der Waals surface area contributed by atoms with Crippen LogP contribution in [-0.4, -0.2) is 4.98 Å². The van der Waals surface area contributed by atoms with E-state index in [9.17, 15) is 0 Å². The van der Waals surface area contributed by atoms with E-state index in [-0.39, 0.29) is 0 Å². The van der Waals surface area contributed by atoms with E-state index in [4.69, 9.17) is 0 Å². The molecule has 1 aromatic heterocycles. The summed E-state index contributed by atoms with van der Waals surface area (Å²) in [4.78, 5) is 4.38. The molecule has 0 unspecified atom stereocenters. The first-order valence-corrected chi connectivity index (χ1v) is 5.29. The van der Waals surface area contributed by atoms with Crippen molar-refractivity contribution in [3.8, 4) is 11.8 Å². The van der Waals surface area contributed by atoms with Gasteiger partial charge in [-0.3, -0.25) is 4.98 Å². The van der Waals surface area contributed by atoms with Crippen LogP contribution >= 0.6 is 0 Å². The van der Waals surface area contributed by atoms with E-state index in [0.717, 1.165) is 11.1 Å². The first-order valence-electron chi connectivity index (χ1n) is 5.29. The van der Waals surface area contributed by atoms with Crippen LogP contribution in [0.15, 0.2) is 36.5 Å². The zero-order valence-corrected chi connectivity index (χ0v) is 8.40. The number of hydrogen-bond donors (Lipinski definition) is 0. The average molecular weight is 193 g/mol. The quantitative estimate of drug-likeness (QED) is 0.586. The predicted octanol–water partition coefficient (Wildman–Crippen LogP) is 3.00. The smallest absolute Gasteiger partial charge is 0.0858 e. The van der Waals surface area contributed by atoms with E-state index in [1.807, 2.05) is 24.4 Å². The Kier molecular flexibility index (Phi) is 1.93. The molecule has 0 bridgehead atoms. The zero-order chi connectivity index (χ0) is 10.1. The predicted molar refractivity (Wildman–Crippen MR) is 61.3 cm³/mol. The van der Waals surface area contributed by atoms with Crippen LogP contribution in [0.1, 0.15) is 18.4 Å². The molecule has 0 radical (unpaired) electrons. The number of hydrogen-bond acceptors (Lipinski definition) is 1. The summed E-state index contributed by atoms with van der Waals surface area (Å²) in [5, 5.41) is 1.17. The van der Waals surface area contributed by atoms with Crippen molar-refractivity contribution < 1.29 is 0 Å². The fourth-order valence-corrected chi connectivity index (χ4v) is 1.61. The summed E-state index contributed by atoms with van der Waals surface area (Å²) in [7, 11) is 0. The van der Waals surface area contributed by atoms with Crippen LogP contribution in [0.4, 0.5) is 0 Å². The van der Waals surface area contributed by atoms with Crippen molar-refractivity contribution in [2.45, 2.75) is 12.8 Å². The second kappa shape index (κ2) is 3.40. The van der Waals surface area contributed by atoms with Crippen molar-refractivity contribution in [3.63, 3.8) is 0 Å². The zero-order valence-electron chi connectivity index (χ0n) is 8.40. The number of benzene rings is 1. The Bertz CT molecular complexity index is 551. The van der Waals surface area contributed by atoms with E-state index >= 15 is 0 Å². The van der Waals surface area contributed by atoms with Gasteiger partial charge in [0.05, 0.1) is 11.1 Å². The molecule has 0 aliphatic heterocycles. The van der Waals surface area contributed by atoms with Gasteiger partial charge in [0, 0.05) is 17.5 Å². The summed E-state index contributed by atoms with van der Waals surface area (Å²) < 4.78 is 0. The lowest BCUT2D eigenvalue weighted by Gasteiger charge is -1.97. The fourth-order valence-electron chi connectivity index (χ4n) is 1.61. The van der Waals surface area contributed by atoms with Gasteiger partial charge in [-0.15, -0.1) is 0 Å². The average Bonchev–Trinajstić information content (AvgIpc) is 3.10. The van der Waals surface area contributed by atoms with Crippen LogP contribution in [0.3, 0.4) is 0 Å². The van der Waals surface area contributed by atoms with Gasteiger partial charge < -0.3 is 0 Å². The summed E-state index contributed by atoms with van der Waals surface area (Å²) in [6.07, 6.45) is 4.36. The molecular weight excluding hydrogens is 182 g/mol. The number of nitrogens with zero attached hydrogens (tertiary/aromatic N) is 1. The van der Waals surface area contributed by atoms with Gasteiger partial charge in [-0.05, 0) is 25.0 Å². The molecule has 2 aromatic rings. The van der Waals surface area contributed by atoms with Crippen LogP contribution in [0.5, 0.6) is 0 Å². The molecule has 1 saturated carbocycles. The Hall–Kier alpha value is -1.81. The minimum absolute atomic E-state index is 0.643. The molecule has 1 fully saturated rings. The molecule has 1 aliphatic rings. The van der Waals surface area contributed by atoms with Crippen LogP contribution in [0.25, 0.3) is 10.9 Å². The van der Waals surface area contributed by atoms with E-state index < -0.39 is 0 Å². The normalized spacial score (nSPS) is 14.7. The Morgan fingerprint density at radius 1 is 1.13 bits per heavy atom. The lowest BCUT2D eigenvalue weighted by atomic mass is 10.1. The lowest BCUT2D eigenvalue weighted by Crippen LogP contribution is -1.82. The van der Waals surface area contributed by atoms with Gasteiger partial charge in [-0.25, -0.2) is 0 Å². The Morgan fingerprint density at radius 2 is 2.00 bits per heavy atom. The number of fused-ring (bicyclic) bond motifs is 1. The number of pyridine rings is 1. The van der Waals surface area contributed by atoms with E-state index in [2.05, 4.69) is 29.0 Å². The van der Waals surface area contributed by atoms with Crippen LogP contribution in [0.2, 0.25) is 0 Å². The highest BCUT2D eigenvalue weighted by Gasteiger charge is 2.17. The third kappa shape index (κ3) is 1.71. The minimum atomic E-state index is 0.643. The number of rotatable bonds is 0. The molecule has 3 rings (SSSR count). The van der Waals surface area contributed by atoms with Crippen molar-refractivity contribution >= 4 is 10.9 Å². The molecule has 0 spiro atoms. The topological polar surface area (TPSA) is 12.9 Å². The summed E-state index contributed by atoms with van der Waals surface area (Å²) in [5.41, 5.74) is 2.08. The van der Waals surface area contributed by atoms with E-state index in [1.54, 1.807) is 0 Å². The molecule has 0 N–H and O–H groups in total. The van der Waals surface area contributed by atoms with Crippen LogP contribution in [-0.2, 0) is 0 Å². The van der Waals surface area contributed by atoms with E-state index in [0.29, 0.717) is 5.92 Å². The monoisotopic (exact) mass is 193 g/mol. The first-order chi connectivity index (χ1) is 7.43. The molecular formula is C14H11N. The van der Waals surface area contributed by atoms with Gasteiger partial charge in [0.25, 0.3) is 0 Å². The Labute approximate surface area is 89.2 Å². The maximum atomic E-state index is 4.38. The Morgan fingerprint density at radius 3 is 2.87 bits per heavy atom. The van der Waals surface area contributed by atoms with Gasteiger partial charge in [-0.1, -0.05) is 30.0 Å². The molecule has 0 saturated heterocycles. The van der Waals surface area contributed by atoms with Crippen molar-refractivity contribution in [1.29, 1.82) is 0 Å². The minimum Gasteiger partial charge on any atom is -0.255 e. The summed E-state index contributed by atoms with van der Waals surface area (Å²) >= 11 is 0. The van der Waals surface area contributed by atoms with Crippen molar-refractivity contribution in [2.24, 2.45) is 5.92 Å². The van der Waals surface area contributed by atoms with Gasteiger partial charge in [-0.2, -0.15) is 0 Å². The van der Waals surface area contributed by atoms with Crippen molar-refractivity contribution in [1.82, 2.24) is 4.98 Å². The van der Waals surface area contributed by atoms with Gasteiger partial charge >= 0.3 is 0 Å². The maximum absolute atomic E-state index is 4.38. The van der Waals surface area contributed by atoms with Gasteiger partial charge in [0.15, 0.2) is 0 Å². The Balaban J connectivity index is 2.13. The van der Waals surface area contributed by atoms with Crippen LogP contribution in [0, 0.1) is 17.8 Å². The highest BCUT2D eigenvalue weighted by atomic mass is 14.6. The highest BCUT2D eigenvalue weighted by Crippen LogP contribution is 2.27. The second-order valence-electron chi connectivity index (χ2n) is 3.92. The highest BCUT2D eigenvalue weighted by molar-refractivity contribution is 5.84. The molecule has 72 valence electrons. The standard InChI is InChI=1S/C14H11N/c1-3-12-5-2-10-15-14(12)13(4-1)9-8-11-6-7-11/h1-5,10-11H,6-7H2. The van der Waals surface area contributed by atoms with Gasteiger partial charge in [0.1, 0.15) is 0 Å². The summed E-state index contributed by atoms with van der Waals surface area (Å²) in [5.74, 6) is 7.15. The van der Waals surface area contributed by atoms with Crippen molar-refractivity contribution in [3.05, 3.63) is 42.1 Å². The number of para-hydroxylation sites is 1. The molecule has 1 aromatic carbocycles. The molecule has 1 heterocycles. The van der Waals surface area contributed by atoms with Crippen molar-refractivity contribution in [2.75, 3.05) is 0 Å². The molecule has 0 amide bonds. The van der Waals surface area contributed by atoms with E-state index in [1.165, 1.54) is 18.2 Å². The lowest BCUT2D eigenvalue weighted by molar-refractivity contribution is 1.18. The molecule has 0 atom stereocenters. The molecule has 15 heavy (non-hydrogen) atoms. The van der Waals surface area contributed by atoms with Gasteiger partial charge in [0.2, 0.25) is 0 Å². The summed E-state index contributed by atoms with van der Waals surface area (Å²) in [6.45, 7) is 0. The fraction of sp³-hybridized carbons (Fsp3) is 0.214. The third-order valence-corrected chi connectivity index (χ3v) is 2.62. The third-order valence-electron chi connectivity index (χ3n) is 2.62. The summed E-state index contributed by atoms with van der Waals surface area (Å²) in [6, 6.07) is 10.2. The molecule has 1 aliphatic carbocycles. The van der Waals surface area contributed by atoms with Crippen LogP contribution < -0.4 is 0 Å². The molecule has 1 heteroatoms. The second-order valence-corrected chi connectivity index (χ2v) is 3.92. The first kappa shape index (κ1) is 8.49. The SMILES string of the molecule is C(#CC1CC1)c1cccc2cccnc12. The largest absolute Gasteiger partial charge is 0.255 e.